The first-order valence-electron chi connectivity index (χ1n) is 6.55. The Morgan fingerprint density at radius 2 is 1.52 bits per heavy atom. The number of hydrogen-bond acceptors (Lipinski definition) is 2. The van der Waals surface area contributed by atoms with E-state index >= 15 is 0 Å². The summed E-state index contributed by atoms with van der Waals surface area (Å²) in [5, 5.41) is 3.34. The maximum atomic E-state index is 5.54. The van der Waals surface area contributed by atoms with Crippen LogP contribution in [0.5, 0.6) is 0 Å². The first-order valence-corrected chi connectivity index (χ1v) is 8.14. The molecule has 0 atom stereocenters. The summed E-state index contributed by atoms with van der Waals surface area (Å²) in [6.45, 7) is 0.648. The van der Waals surface area contributed by atoms with Crippen LogP contribution in [-0.2, 0) is 6.54 Å². The molecule has 3 aromatic rings. The Balaban J connectivity index is 1.67. The highest BCUT2D eigenvalue weighted by atomic mass is 79.9. The van der Waals surface area contributed by atoms with E-state index in [1.165, 1.54) is 11.1 Å². The second-order valence-electron chi connectivity index (χ2n) is 4.63. The summed E-state index contributed by atoms with van der Waals surface area (Å²) >= 11 is 6.75. The van der Waals surface area contributed by atoms with Gasteiger partial charge in [0, 0.05) is 5.69 Å². The molecule has 0 aliphatic carbocycles. The van der Waals surface area contributed by atoms with Gasteiger partial charge in [-0.3, -0.25) is 0 Å². The molecule has 21 heavy (non-hydrogen) atoms. The van der Waals surface area contributed by atoms with Gasteiger partial charge in [-0.2, -0.15) is 0 Å². The Labute approximate surface area is 140 Å². The van der Waals surface area contributed by atoms with Crippen LogP contribution in [0.4, 0.5) is 5.69 Å². The fraction of sp³-hybridized carbons (Fsp3) is 0.0588. The Morgan fingerprint density at radius 3 is 2.14 bits per heavy atom. The fourth-order valence-electron chi connectivity index (χ4n) is 2.08. The normalized spacial score (nSPS) is 10.6. The average Bonchev–Trinajstić information content (AvgIpc) is 2.85. The molecule has 0 unspecified atom stereocenters. The van der Waals surface area contributed by atoms with Crippen molar-refractivity contribution in [2.45, 2.75) is 6.54 Å². The van der Waals surface area contributed by atoms with Crippen molar-refractivity contribution < 1.29 is 4.42 Å². The summed E-state index contributed by atoms with van der Waals surface area (Å²) in [5.41, 5.74) is 3.51. The predicted octanol–water partition coefficient (Wildman–Crippen LogP) is 6.08. The van der Waals surface area contributed by atoms with Crippen molar-refractivity contribution in [1.29, 1.82) is 0 Å². The zero-order valence-electron chi connectivity index (χ0n) is 11.1. The van der Waals surface area contributed by atoms with Gasteiger partial charge in [0.05, 0.1) is 11.0 Å². The molecule has 0 aliphatic heterocycles. The van der Waals surface area contributed by atoms with Crippen LogP contribution in [0.3, 0.4) is 0 Å². The molecule has 0 bridgehead atoms. The van der Waals surface area contributed by atoms with E-state index in [0.717, 1.165) is 20.6 Å². The third-order valence-corrected chi connectivity index (χ3v) is 4.87. The van der Waals surface area contributed by atoms with Crippen LogP contribution in [0.25, 0.3) is 11.1 Å². The Kier molecular flexibility index (Phi) is 4.46. The molecule has 106 valence electrons. The first kappa shape index (κ1) is 14.4. The molecule has 2 aromatic carbocycles. The molecule has 0 saturated heterocycles. The summed E-state index contributed by atoms with van der Waals surface area (Å²) in [5.74, 6) is 0.876. The van der Waals surface area contributed by atoms with Crippen molar-refractivity contribution in [3.05, 3.63) is 75.6 Å². The molecule has 3 rings (SSSR count). The van der Waals surface area contributed by atoms with Crippen LogP contribution >= 0.6 is 31.9 Å². The maximum absolute atomic E-state index is 5.54. The van der Waals surface area contributed by atoms with Crippen LogP contribution in [0.1, 0.15) is 5.76 Å². The topological polar surface area (TPSA) is 25.2 Å². The molecule has 1 N–H and O–H groups in total. The van der Waals surface area contributed by atoms with E-state index in [1.807, 2.05) is 24.3 Å². The highest BCUT2D eigenvalue weighted by Gasteiger charge is 2.05. The molecule has 0 amide bonds. The quantitative estimate of drug-likeness (QED) is 0.567. The van der Waals surface area contributed by atoms with Gasteiger partial charge in [0.25, 0.3) is 0 Å². The predicted molar refractivity (Wildman–Crippen MR) is 93.3 cm³/mol. The zero-order chi connectivity index (χ0) is 14.7. The van der Waals surface area contributed by atoms with Gasteiger partial charge in [0.1, 0.15) is 5.76 Å². The summed E-state index contributed by atoms with van der Waals surface area (Å²) in [7, 11) is 0. The van der Waals surface area contributed by atoms with Crippen molar-refractivity contribution in [1.82, 2.24) is 0 Å². The second kappa shape index (κ2) is 6.50. The zero-order valence-corrected chi connectivity index (χ0v) is 14.3. The monoisotopic (exact) mass is 405 g/mol. The van der Waals surface area contributed by atoms with Gasteiger partial charge in [0.15, 0.2) is 4.67 Å². The van der Waals surface area contributed by atoms with E-state index in [9.17, 15) is 0 Å². The van der Waals surface area contributed by atoms with Crippen molar-refractivity contribution in [2.75, 3.05) is 5.32 Å². The van der Waals surface area contributed by atoms with E-state index < -0.39 is 0 Å². The highest BCUT2D eigenvalue weighted by molar-refractivity contribution is 9.13. The molecular weight excluding hydrogens is 394 g/mol. The lowest BCUT2D eigenvalue weighted by molar-refractivity contribution is 0.494. The molecule has 0 saturated carbocycles. The summed E-state index contributed by atoms with van der Waals surface area (Å²) < 4.78 is 7.19. The Morgan fingerprint density at radius 1 is 0.857 bits per heavy atom. The van der Waals surface area contributed by atoms with Gasteiger partial charge in [-0.15, -0.1) is 0 Å². The largest absolute Gasteiger partial charge is 0.451 e. The fourth-order valence-corrected chi connectivity index (χ4v) is 2.74. The van der Waals surface area contributed by atoms with Gasteiger partial charge in [-0.25, -0.2) is 0 Å². The van der Waals surface area contributed by atoms with Gasteiger partial charge < -0.3 is 9.73 Å². The van der Waals surface area contributed by atoms with Crippen LogP contribution in [0.15, 0.2) is 74.2 Å². The minimum atomic E-state index is 0.648. The second-order valence-corrected chi connectivity index (χ2v) is 6.21. The van der Waals surface area contributed by atoms with Crippen LogP contribution in [0, 0.1) is 0 Å². The van der Waals surface area contributed by atoms with Gasteiger partial charge in [-0.1, -0.05) is 42.5 Å². The highest BCUT2D eigenvalue weighted by Crippen LogP contribution is 2.27. The Hall–Kier alpha value is -1.52. The number of nitrogens with one attached hydrogen (secondary N) is 1. The summed E-state index contributed by atoms with van der Waals surface area (Å²) in [6, 6.07) is 20.7. The Bertz CT molecular complexity index is 701. The smallest absolute Gasteiger partial charge is 0.183 e. The minimum Gasteiger partial charge on any atom is -0.451 e. The van der Waals surface area contributed by atoms with E-state index in [-0.39, 0.29) is 0 Å². The molecular formula is C17H13Br2NO. The van der Waals surface area contributed by atoms with Crippen LogP contribution in [-0.4, -0.2) is 0 Å². The van der Waals surface area contributed by atoms with Gasteiger partial charge in [-0.05, 0) is 61.2 Å². The molecule has 0 aliphatic rings. The van der Waals surface area contributed by atoms with E-state index in [4.69, 9.17) is 4.42 Å². The van der Waals surface area contributed by atoms with E-state index in [0.29, 0.717) is 6.54 Å². The van der Waals surface area contributed by atoms with E-state index in [1.54, 1.807) is 0 Å². The lowest BCUT2D eigenvalue weighted by Gasteiger charge is -2.06. The first-order chi connectivity index (χ1) is 10.2. The lowest BCUT2D eigenvalue weighted by atomic mass is 10.1. The van der Waals surface area contributed by atoms with Crippen molar-refractivity contribution >= 4 is 37.5 Å². The number of hydrogen-bond donors (Lipinski definition) is 1. The average molecular weight is 407 g/mol. The van der Waals surface area contributed by atoms with E-state index in [2.05, 4.69) is 73.6 Å². The maximum Gasteiger partial charge on any atom is 0.183 e. The number of halogens is 2. The summed E-state index contributed by atoms with van der Waals surface area (Å²) in [4.78, 5) is 0. The SMILES string of the molecule is Brc1cc(CNc2ccc(-c3ccccc3)cc2)oc1Br. The molecule has 2 nitrogen and oxygen atoms in total. The van der Waals surface area contributed by atoms with Crippen LogP contribution in [0.2, 0.25) is 0 Å². The molecule has 0 spiro atoms. The molecule has 0 radical (unpaired) electrons. The molecule has 4 heteroatoms. The molecule has 1 aromatic heterocycles. The van der Waals surface area contributed by atoms with Crippen molar-refractivity contribution in [3.63, 3.8) is 0 Å². The van der Waals surface area contributed by atoms with Crippen molar-refractivity contribution in [2.24, 2.45) is 0 Å². The minimum absolute atomic E-state index is 0.648. The number of rotatable bonds is 4. The number of benzene rings is 2. The third kappa shape index (κ3) is 3.57. The molecule has 1 heterocycles. The summed E-state index contributed by atoms with van der Waals surface area (Å²) in [6.07, 6.45) is 0. The van der Waals surface area contributed by atoms with Crippen molar-refractivity contribution in [3.8, 4) is 11.1 Å². The number of furan rings is 1. The number of anilines is 1. The third-order valence-electron chi connectivity index (χ3n) is 3.15. The lowest BCUT2D eigenvalue weighted by Crippen LogP contribution is -1.97. The molecule has 0 fully saturated rings. The van der Waals surface area contributed by atoms with Crippen LogP contribution < -0.4 is 5.32 Å². The van der Waals surface area contributed by atoms with Gasteiger partial charge in [0.2, 0.25) is 0 Å². The van der Waals surface area contributed by atoms with Gasteiger partial charge >= 0.3 is 0 Å². The standard InChI is InChI=1S/C17H13Br2NO/c18-16-10-15(21-17(16)19)11-20-14-8-6-13(7-9-14)12-4-2-1-3-5-12/h1-10,20H,11H2.